The summed E-state index contributed by atoms with van der Waals surface area (Å²) >= 11 is 0. The molecule has 6 nitrogen and oxygen atoms in total. The standard InChI is InChI=1S/C19H17N5O/c1-2-12-24-17-10-9-15(13-16(17)21-23-24)19-20-18(25-22-19)11-8-14-6-4-3-5-7-14/h3-11,13H,2,12H2,1H3. The largest absolute Gasteiger partial charge is 0.334 e. The van der Waals surface area contributed by atoms with E-state index >= 15 is 0 Å². The first-order valence-electron chi connectivity index (χ1n) is 8.24. The lowest BCUT2D eigenvalue weighted by atomic mass is 10.2. The second kappa shape index (κ2) is 6.68. The third-order valence-corrected chi connectivity index (χ3v) is 3.87. The van der Waals surface area contributed by atoms with Gasteiger partial charge in [0.1, 0.15) is 5.52 Å². The highest BCUT2D eigenvalue weighted by Gasteiger charge is 2.10. The van der Waals surface area contributed by atoms with Gasteiger partial charge in [-0.05, 0) is 36.3 Å². The molecule has 25 heavy (non-hydrogen) atoms. The molecular weight excluding hydrogens is 314 g/mol. The van der Waals surface area contributed by atoms with Gasteiger partial charge in [-0.3, -0.25) is 0 Å². The first-order chi connectivity index (χ1) is 12.3. The van der Waals surface area contributed by atoms with E-state index in [2.05, 4.69) is 27.4 Å². The maximum absolute atomic E-state index is 5.31. The summed E-state index contributed by atoms with van der Waals surface area (Å²) in [4.78, 5) is 4.43. The van der Waals surface area contributed by atoms with E-state index < -0.39 is 0 Å². The lowest BCUT2D eigenvalue weighted by Gasteiger charge is -1.99. The fraction of sp³-hybridized carbons (Fsp3) is 0.158. The lowest BCUT2D eigenvalue weighted by Crippen LogP contribution is -1.98. The van der Waals surface area contributed by atoms with E-state index in [4.69, 9.17) is 4.52 Å². The van der Waals surface area contributed by atoms with E-state index in [0.29, 0.717) is 11.7 Å². The van der Waals surface area contributed by atoms with Gasteiger partial charge in [0, 0.05) is 18.2 Å². The van der Waals surface area contributed by atoms with Crippen LogP contribution in [0.3, 0.4) is 0 Å². The van der Waals surface area contributed by atoms with Crippen molar-refractivity contribution in [3.05, 3.63) is 60.0 Å². The number of aryl methyl sites for hydroxylation is 1. The number of benzene rings is 2. The molecule has 0 aliphatic heterocycles. The molecule has 0 radical (unpaired) electrons. The van der Waals surface area contributed by atoms with Crippen LogP contribution in [0.4, 0.5) is 0 Å². The molecule has 0 aliphatic carbocycles. The molecule has 0 spiro atoms. The Balaban J connectivity index is 1.59. The minimum Gasteiger partial charge on any atom is -0.334 e. The molecule has 0 aliphatic rings. The molecule has 0 amide bonds. The number of nitrogens with zero attached hydrogens (tertiary/aromatic N) is 5. The Morgan fingerprint density at radius 2 is 1.96 bits per heavy atom. The van der Waals surface area contributed by atoms with Crippen molar-refractivity contribution in [1.82, 2.24) is 25.1 Å². The smallest absolute Gasteiger partial charge is 0.250 e. The molecule has 124 valence electrons. The number of aromatic nitrogens is 5. The first kappa shape index (κ1) is 15.3. The predicted molar refractivity (Wildman–Crippen MR) is 96.5 cm³/mol. The van der Waals surface area contributed by atoms with Gasteiger partial charge in [-0.2, -0.15) is 4.98 Å². The zero-order chi connectivity index (χ0) is 17.1. The zero-order valence-corrected chi connectivity index (χ0v) is 13.8. The van der Waals surface area contributed by atoms with Crippen LogP contribution in [-0.4, -0.2) is 25.1 Å². The van der Waals surface area contributed by atoms with Gasteiger partial charge in [0.2, 0.25) is 5.82 Å². The van der Waals surface area contributed by atoms with E-state index in [1.165, 1.54) is 0 Å². The molecule has 0 saturated heterocycles. The van der Waals surface area contributed by atoms with Gasteiger partial charge >= 0.3 is 0 Å². The topological polar surface area (TPSA) is 69.6 Å². The summed E-state index contributed by atoms with van der Waals surface area (Å²) in [5.74, 6) is 1.01. The van der Waals surface area contributed by atoms with Crippen molar-refractivity contribution in [1.29, 1.82) is 0 Å². The maximum Gasteiger partial charge on any atom is 0.250 e. The maximum atomic E-state index is 5.31. The minimum atomic E-state index is 0.466. The van der Waals surface area contributed by atoms with Crippen LogP contribution in [0.1, 0.15) is 24.8 Å². The summed E-state index contributed by atoms with van der Waals surface area (Å²) in [6.45, 7) is 2.97. The Hall–Kier alpha value is -3.28. The Labute approximate surface area is 144 Å². The molecule has 0 saturated carbocycles. The molecule has 0 fully saturated rings. The van der Waals surface area contributed by atoms with E-state index in [-0.39, 0.29) is 0 Å². The number of rotatable bonds is 5. The van der Waals surface area contributed by atoms with Crippen LogP contribution in [-0.2, 0) is 6.54 Å². The first-order valence-corrected chi connectivity index (χ1v) is 8.24. The van der Waals surface area contributed by atoms with Crippen LogP contribution in [0.2, 0.25) is 0 Å². The van der Waals surface area contributed by atoms with Crippen LogP contribution in [0.25, 0.3) is 34.6 Å². The Morgan fingerprint density at radius 3 is 2.80 bits per heavy atom. The van der Waals surface area contributed by atoms with Gasteiger partial charge in [0.25, 0.3) is 5.89 Å². The van der Waals surface area contributed by atoms with Crippen LogP contribution >= 0.6 is 0 Å². The van der Waals surface area contributed by atoms with Gasteiger partial charge in [-0.1, -0.05) is 47.6 Å². The van der Waals surface area contributed by atoms with Crippen molar-refractivity contribution in [3.63, 3.8) is 0 Å². The molecule has 0 atom stereocenters. The summed E-state index contributed by atoms with van der Waals surface area (Å²) < 4.78 is 7.21. The molecule has 2 aromatic heterocycles. The average Bonchev–Trinajstić information content (AvgIpc) is 3.28. The molecule has 0 unspecified atom stereocenters. The van der Waals surface area contributed by atoms with E-state index in [1.54, 1.807) is 0 Å². The van der Waals surface area contributed by atoms with Crippen LogP contribution in [0, 0.1) is 0 Å². The summed E-state index contributed by atoms with van der Waals surface area (Å²) in [5, 5.41) is 12.5. The lowest BCUT2D eigenvalue weighted by molar-refractivity contribution is 0.411. The van der Waals surface area contributed by atoms with Gasteiger partial charge in [0.05, 0.1) is 5.52 Å². The van der Waals surface area contributed by atoms with Gasteiger partial charge in [-0.25, -0.2) is 4.68 Å². The molecule has 2 aromatic carbocycles. The Kier molecular flexibility index (Phi) is 4.08. The highest BCUT2D eigenvalue weighted by Crippen LogP contribution is 2.21. The normalized spacial score (nSPS) is 11.6. The van der Waals surface area contributed by atoms with Gasteiger partial charge in [0.15, 0.2) is 0 Å². The SMILES string of the molecule is CCCn1nnc2cc(-c3noc(C=Cc4ccccc4)n3)ccc21. The van der Waals surface area contributed by atoms with Crippen molar-refractivity contribution >= 4 is 23.2 Å². The minimum absolute atomic E-state index is 0.466. The van der Waals surface area contributed by atoms with Crippen LogP contribution in [0.15, 0.2) is 53.1 Å². The fourth-order valence-electron chi connectivity index (χ4n) is 2.64. The second-order valence-corrected chi connectivity index (χ2v) is 5.72. The fourth-order valence-corrected chi connectivity index (χ4v) is 2.64. The molecule has 0 bridgehead atoms. The van der Waals surface area contributed by atoms with Gasteiger partial charge < -0.3 is 4.52 Å². The Bertz CT molecular complexity index is 1020. The van der Waals surface area contributed by atoms with Crippen molar-refractivity contribution in [3.8, 4) is 11.4 Å². The predicted octanol–water partition coefficient (Wildman–Crippen LogP) is 4.06. The second-order valence-electron chi connectivity index (χ2n) is 5.72. The van der Waals surface area contributed by atoms with Gasteiger partial charge in [-0.15, -0.1) is 5.10 Å². The van der Waals surface area contributed by atoms with E-state index in [9.17, 15) is 0 Å². The number of fused-ring (bicyclic) bond motifs is 1. The summed E-state index contributed by atoms with van der Waals surface area (Å²) in [7, 11) is 0. The summed E-state index contributed by atoms with van der Waals surface area (Å²) in [5.41, 5.74) is 3.78. The highest BCUT2D eigenvalue weighted by molar-refractivity contribution is 5.80. The van der Waals surface area contributed by atoms with Crippen molar-refractivity contribution in [2.24, 2.45) is 0 Å². The van der Waals surface area contributed by atoms with Crippen LogP contribution in [0.5, 0.6) is 0 Å². The van der Waals surface area contributed by atoms with Crippen molar-refractivity contribution < 1.29 is 4.52 Å². The highest BCUT2D eigenvalue weighted by atomic mass is 16.5. The summed E-state index contributed by atoms with van der Waals surface area (Å²) in [6.07, 6.45) is 4.76. The molecule has 6 heteroatoms. The number of hydrogen-bond donors (Lipinski definition) is 0. The van der Waals surface area contributed by atoms with Crippen LogP contribution < -0.4 is 0 Å². The molecule has 2 heterocycles. The average molecular weight is 331 g/mol. The Morgan fingerprint density at radius 1 is 1.08 bits per heavy atom. The third kappa shape index (κ3) is 3.19. The van der Waals surface area contributed by atoms with E-state index in [0.717, 1.165) is 35.1 Å². The summed E-state index contributed by atoms with van der Waals surface area (Å²) in [6, 6.07) is 15.9. The van der Waals surface area contributed by atoms with Crippen molar-refractivity contribution in [2.75, 3.05) is 0 Å². The zero-order valence-electron chi connectivity index (χ0n) is 13.8. The van der Waals surface area contributed by atoms with E-state index in [1.807, 2.05) is 65.4 Å². The quantitative estimate of drug-likeness (QED) is 0.551. The molecule has 0 N–H and O–H groups in total. The molecular formula is C19H17N5O. The molecule has 4 aromatic rings. The molecule has 4 rings (SSSR count). The monoisotopic (exact) mass is 331 g/mol. The van der Waals surface area contributed by atoms with Crippen molar-refractivity contribution in [2.45, 2.75) is 19.9 Å². The third-order valence-electron chi connectivity index (χ3n) is 3.87. The number of hydrogen-bond acceptors (Lipinski definition) is 5.